The molecule has 2 aromatic carbocycles. The summed E-state index contributed by atoms with van der Waals surface area (Å²) in [5.41, 5.74) is 1.43. The second kappa shape index (κ2) is 9.95. The number of carboxylic acid groups (broad SMARTS) is 1. The van der Waals surface area contributed by atoms with E-state index in [4.69, 9.17) is 0 Å². The first-order chi connectivity index (χ1) is 15.3. The van der Waals surface area contributed by atoms with E-state index in [9.17, 15) is 24.3 Å². The molecule has 0 fully saturated rings. The Kier molecular flexibility index (Phi) is 7.09. The standard InChI is InChI=1S/C23H26N4O5/c1-3-14(2)19(21(29)25-20(22(30)31)15-9-5-4-6-10-15)26-23(32)27-13-18(28)24-16-11-7-8-12-17(16)27/h4-12,14,19-20H,3,13H2,1-2H3,(H,24,28)(H,25,29)(H,26,32)(H,30,31)/t14-,19-,20+/m0/s1. The number of benzene rings is 2. The van der Waals surface area contributed by atoms with Gasteiger partial charge in [0.2, 0.25) is 11.8 Å². The molecule has 0 aromatic heterocycles. The third-order valence-corrected chi connectivity index (χ3v) is 5.46. The van der Waals surface area contributed by atoms with Crippen LogP contribution in [0.1, 0.15) is 31.9 Å². The lowest BCUT2D eigenvalue weighted by atomic mass is 9.97. The topological polar surface area (TPSA) is 128 Å². The minimum absolute atomic E-state index is 0.195. The Morgan fingerprint density at radius 3 is 2.38 bits per heavy atom. The molecule has 9 nitrogen and oxygen atoms in total. The minimum Gasteiger partial charge on any atom is -0.479 e. The summed E-state index contributed by atoms with van der Waals surface area (Å²) in [6.45, 7) is 3.46. The van der Waals surface area contributed by atoms with Gasteiger partial charge in [0.05, 0.1) is 11.4 Å². The molecule has 3 rings (SSSR count). The van der Waals surface area contributed by atoms with Gasteiger partial charge >= 0.3 is 12.0 Å². The van der Waals surface area contributed by atoms with Crippen LogP contribution in [0.3, 0.4) is 0 Å². The summed E-state index contributed by atoms with van der Waals surface area (Å²) in [5, 5.41) is 17.6. The first-order valence-electron chi connectivity index (χ1n) is 10.4. The number of hydrogen-bond acceptors (Lipinski definition) is 4. The lowest BCUT2D eigenvalue weighted by Gasteiger charge is -2.32. The first kappa shape index (κ1) is 22.8. The van der Waals surface area contributed by atoms with Crippen LogP contribution >= 0.6 is 0 Å². The fourth-order valence-corrected chi connectivity index (χ4v) is 3.49. The van der Waals surface area contributed by atoms with Crippen LogP contribution in [0, 0.1) is 5.92 Å². The maximum Gasteiger partial charge on any atom is 0.330 e. The van der Waals surface area contributed by atoms with Crippen LogP contribution < -0.4 is 20.9 Å². The van der Waals surface area contributed by atoms with Gasteiger partial charge < -0.3 is 21.1 Å². The van der Waals surface area contributed by atoms with Gasteiger partial charge in [0.1, 0.15) is 12.6 Å². The van der Waals surface area contributed by atoms with Crippen molar-refractivity contribution < 1.29 is 24.3 Å². The van der Waals surface area contributed by atoms with Gasteiger partial charge in [-0.15, -0.1) is 0 Å². The molecule has 0 bridgehead atoms. The highest BCUT2D eigenvalue weighted by atomic mass is 16.4. The molecule has 2 aromatic rings. The van der Waals surface area contributed by atoms with Gasteiger partial charge in [-0.2, -0.15) is 0 Å². The Morgan fingerprint density at radius 1 is 1.06 bits per heavy atom. The van der Waals surface area contributed by atoms with Crippen LogP contribution in [0.15, 0.2) is 54.6 Å². The second-order valence-electron chi connectivity index (χ2n) is 7.65. The van der Waals surface area contributed by atoms with Crippen LogP contribution in [0.25, 0.3) is 0 Å². The first-order valence-corrected chi connectivity index (χ1v) is 10.4. The van der Waals surface area contributed by atoms with Gasteiger partial charge in [-0.1, -0.05) is 62.7 Å². The smallest absolute Gasteiger partial charge is 0.330 e. The summed E-state index contributed by atoms with van der Waals surface area (Å²) >= 11 is 0. The molecule has 1 aliphatic rings. The van der Waals surface area contributed by atoms with E-state index in [1.807, 2.05) is 6.92 Å². The highest BCUT2D eigenvalue weighted by molar-refractivity contribution is 6.10. The van der Waals surface area contributed by atoms with Crippen molar-refractivity contribution in [3.63, 3.8) is 0 Å². The molecular weight excluding hydrogens is 412 g/mol. The molecule has 0 aliphatic carbocycles. The van der Waals surface area contributed by atoms with Crippen molar-refractivity contribution in [2.24, 2.45) is 5.92 Å². The van der Waals surface area contributed by atoms with E-state index in [-0.39, 0.29) is 18.4 Å². The highest BCUT2D eigenvalue weighted by Crippen LogP contribution is 2.29. The highest BCUT2D eigenvalue weighted by Gasteiger charge is 2.33. The zero-order valence-corrected chi connectivity index (χ0v) is 17.9. The van der Waals surface area contributed by atoms with E-state index in [0.717, 1.165) is 0 Å². The molecule has 4 N–H and O–H groups in total. The number of aliphatic carboxylic acids is 1. The van der Waals surface area contributed by atoms with Crippen LogP contribution in [0.2, 0.25) is 0 Å². The van der Waals surface area contributed by atoms with Crippen LogP contribution in [-0.2, 0) is 14.4 Å². The van der Waals surface area contributed by atoms with E-state index in [2.05, 4.69) is 16.0 Å². The van der Waals surface area contributed by atoms with Crippen molar-refractivity contribution >= 4 is 35.2 Å². The second-order valence-corrected chi connectivity index (χ2v) is 7.65. The number of amides is 4. The van der Waals surface area contributed by atoms with Crippen molar-refractivity contribution in [2.75, 3.05) is 16.8 Å². The number of fused-ring (bicyclic) bond motifs is 1. The lowest BCUT2D eigenvalue weighted by molar-refractivity contribution is -0.142. The van der Waals surface area contributed by atoms with E-state index in [1.165, 1.54) is 4.90 Å². The Morgan fingerprint density at radius 2 is 1.72 bits per heavy atom. The van der Waals surface area contributed by atoms with Gasteiger partial charge in [0.25, 0.3) is 0 Å². The molecule has 1 aliphatic heterocycles. The van der Waals surface area contributed by atoms with Gasteiger partial charge in [-0.25, -0.2) is 9.59 Å². The minimum atomic E-state index is -1.26. The molecule has 0 spiro atoms. The van der Waals surface area contributed by atoms with Crippen molar-refractivity contribution in [1.29, 1.82) is 0 Å². The zero-order valence-electron chi connectivity index (χ0n) is 17.9. The van der Waals surface area contributed by atoms with Crippen molar-refractivity contribution in [3.8, 4) is 0 Å². The predicted molar refractivity (Wildman–Crippen MR) is 119 cm³/mol. The molecule has 0 saturated heterocycles. The lowest BCUT2D eigenvalue weighted by Crippen LogP contribution is -2.56. The summed E-state index contributed by atoms with van der Waals surface area (Å²) in [6, 6.07) is 12.3. The number of para-hydroxylation sites is 2. The SMILES string of the molecule is CC[C@H](C)[C@H](NC(=O)N1CC(=O)Nc2ccccc21)C(=O)N[C@@H](C(=O)O)c1ccccc1. The average Bonchev–Trinajstić information content (AvgIpc) is 2.79. The third kappa shape index (κ3) is 5.05. The molecular formula is C23H26N4O5. The number of nitrogens with zero attached hydrogens (tertiary/aromatic N) is 1. The number of urea groups is 1. The number of anilines is 2. The summed E-state index contributed by atoms with van der Waals surface area (Å²) in [7, 11) is 0. The number of rotatable bonds is 7. The van der Waals surface area contributed by atoms with Gasteiger partial charge in [-0.05, 0) is 23.6 Å². The molecule has 0 saturated carbocycles. The predicted octanol–water partition coefficient (Wildman–Crippen LogP) is 2.51. The number of carboxylic acids is 1. The van der Waals surface area contributed by atoms with Crippen molar-refractivity contribution in [2.45, 2.75) is 32.4 Å². The normalized spacial score (nSPS) is 15.6. The summed E-state index contributed by atoms with van der Waals surface area (Å²) in [5.74, 6) is -2.45. The molecule has 9 heteroatoms. The molecule has 168 valence electrons. The quantitative estimate of drug-likeness (QED) is 0.528. The average molecular weight is 438 g/mol. The van der Waals surface area contributed by atoms with E-state index >= 15 is 0 Å². The van der Waals surface area contributed by atoms with Crippen LogP contribution in [0.5, 0.6) is 0 Å². The molecule has 0 unspecified atom stereocenters. The third-order valence-electron chi connectivity index (χ3n) is 5.46. The number of carbonyl (C=O) groups excluding carboxylic acids is 3. The van der Waals surface area contributed by atoms with E-state index in [0.29, 0.717) is 23.4 Å². The number of carbonyl (C=O) groups is 4. The van der Waals surface area contributed by atoms with Gasteiger partial charge in [0.15, 0.2) is 6.04 Å². The maximum atomic E-state index is 13.1. The fraction of sp³-hybridized carbons (Fsp3) is 0.304. The molecule has 1 heterocycles. The number of nitrogens with one attached hydrogen (secondary N) is 3. The Labute approximate surface area is 185 Å². The monoisotopic (exact) mass is 438 g/mol. The maximum absolute atomic E-state index is 13.1. The van der Waals surface area contributed by atoms with Crippen molar-refractivity contribution in [1.82, 2.24) is 10.6 Å². The summed E-state index contributed by atoms with van der Waals surface area (Å²) < 4.78 is 0. The van der Waals surface area contributed by atoms with Gasteiger partial charge in [0, 0.05) is 0 Å². The van der Waals surface area contributed by atoms with Crippen LogP contribution in [-0.4, -0.2) is 41.5 Å². The number of hydrogen-bond donors (Lipinski definition) is 4. The molecule has 32 heavy (non-hydrogen) atoms. The van der Waals surface area contributed by atoms with Crippen molar-refractivity contribution in [3.05, 3.63) is 60.2 Å². The molecule has 3 atom stereocenters. The van der Waals surface area contributed by atoms with E-state index < -0.39 is 30.0 Å². The zero-order chi connectivity index (χ0) is 23.3. The molecule has 4 amide bonds. The largest absolute Gasteiger partial charge is 0.479 e. The molecule has 0 radical (unpaired) electrons. The van der Waals surface area contributed by atoms with Gasteiger partial charge in [-0.3, -0.25) is 14.5 Å². The Bertz CT molecular complexity index is 1010. The fourth-order valence-electron chi connectivity index (χ4n) is 3.49. The summed E-state index contributed by atoms with van der Waals surface area (Å²) in [4.78, 5) is 51.2. The summed E-state index contributed by atoms with van der Waals surface area (Å²) in [6.07, 6.45) is 0.568. The Balaban J connectivity index is 1.81. The van der Waals surface area contributed by atoms with Crippen LogP contribution in [0.4, 0.5) is 16.2 Å². The van der Waals surface area contributed by atoms with E-state index in [1.54, 1.807) is 61.5 Å². The Hall–Kier alpha value is -3.88.